The molecule has 2 aliphatic heterocycles. The minimum atomic E-state index is -0.00876. The van der Waals surface area contributed by atoms with Gasteiger partial charge in [-0.05, 0) is 131 Å². The summed E-state index contributed by atoms with van der Waals surface area (Å²) in [5, 5.41) is 43.5. The lowest BCUT2D eigenvalue weighted by Gasteiger charge is -2.54. The van der Waals surface area contributed by atoms with Crippen LogP contribution in [0.1, 0.15) is 236 Å². The van der Waals surface area contributed by atoms with E-state index in [1.54, 1.807) is 0 Å². The molecule has 2 aromatic heterocycles. The van der Waals surface area contributed by atoms with Crippen LogP contribution in [-0.4, -0.2) is 138 Å². The molecule has 0 radical (unpaired) electrons. The van der Waals surface area contributed by atoms with Gasteiger partial charge in [-0.15, -0.1) is 0 Å². The number of hydrogen-bond donors (Lipinski definition) is 8. The molecule has 0 saturated carbocycles. The van der Waals surface area contributed by atoms with Gasteiger partial charge in [0.25, 0.3) is 0 Å². The summed E-state index contributed by atoms with van der Waals surface area (Å²) >= 11 is 0. The second-order valence-corrected chi connectivity index (χ2v) is 24.6. The highest BCUT2D eigenvalue weighted by molar-refractivity contribution is 5.43. The molecule has 0 bridgehead atoms. The molecule has 18 heteroatoms. The molecule has 4 heterocycles. The molecule has 4 rings (SSSR count). The van der Waals surface area contributed by atoms with Gasteiger partial charge < -0.3 is 42.1 Å². The quantitative estimate of drug-likeness (QED) is 0.0290. The van der Waals surface area contributed by atoms with Crippen LogP contribution in [0.3, 0.4) is 0 Å². The Hall–Kier alpha value is -3.42. The maximum atomic E-state index is 9.46. The van der Waals surface area contributed by atoms with E-state index in [0.717, 1.165) is 129 Å². The van der Waals surface area contributed by atoms with E-state index in [2.05, 4.69) is 141 Å². The number of anilines is 6. The van der Waals surface area contributed by atoms with E-state index >= 15 is 0 Å². The summed E-state index contributed by atoms with van der Waals surface area (Å²) in [5.74, 6) is 4.32. The molecule has 2 aliphatic rings. The van der Waals surface area contributed by atoms with Crippen LogP contribution in [-0.2, 0) is 9.68 Å². The highest BCUT2D eigenvalue weighted by atomic mass is 16.7. The van der Waals surface area contributed by atoms with E-state index in [1.807, 2.05) is 0 Å². The van der Waals surface area contributed by atoms with Crippen LogP contribution >= 0.6 is 0 Å². The number of aliphatic hydroxyl groups excluding tert-OH is 2. The van der Waals surface area contributed by atoms with Crippen molar-refractivity contribution in [1.29, 1.82) is 0 Å². The fourth-order valence-electron chi connectivity index (χ4n) is 12.2. The lowest BCUT2D eigenvalue weighted by Crippen LogP contribution is -2.60. The third-order valence-corrected chi connectivity index (χ3v) is 15.2. The summed E-state index contributed by atoms with van der Waals surface area (Å²) in [6.07, 6.45) is 30.6. The molecule has 0 spiro atoms. The van der Waals surface area contributed by atoms with Gasteiger partial charge in [0.05, 0.1) is 26.4 Å². The van der Waals surface area contributed by atoms with Gasteiger partial charge in [-0.1, -0.05) is 117 Å². The van der Waals surface area contributed by atoms with Crippen molar-refractivity contribution in [3.8, 4) is 0 Å². The Kier molecular flexibility index (Phi) is 30.2. The van der Waals surface area contributed by atoms with Crippen LogP contribution in [0.5, 0.6) is 0 Å². The van der Waals surface area contributed by atoms with Crippen molar-refractivity contribution in [2.75, 3.05) is 97.6 Å². The average molecular weight is 1070 g/mol. The Morgan fingerprint density at radius 2 is 0.618 bits per heavy atom. The highest BCUT2D eigenvalue weighted by Gasteiger charge is 2.47. The highest BCUT2D eigenvalue weighted by Crippen LogP contribution is 2.45. The largest absolute Gasteiger partial charge is 0.395 e. The Morgan fingerprint density at radius 3 is 0.908 bits per heavy atom. The summed E-state index contributed by atoms with van der Waals surface area (Å²) in [5.41, 5.74) is -0.00530. The Bertz CT molecular complexity index is 1670. The SMILES string of the molecule is CCCCCCCCON1C(C)(C)CC(CCCCNc2nc(NCCO)nc(NCCCCCCNc3nc(NCCO)nc(NCCCCC4CC(C)(C)N(OCCCCCCCC)C(C)(C)C4)n3)n2)CC1(C)C. The number of hydrogen-bond acceptors (Lipinski definition) is 18. The van der Waals surface area contributed by atoms with E-state index in [4.69, 9.17) is 9.68 Å². The molecule has 0 unspecified atom stereocenters. The van der Waals surface area contributed by atoms with Gasteiger partial charge in [-0.2, -0.15) is 40.0 Å². The number of aliphatic hydroxyl groups is 2. The van der Waals surface area contributed by atoms with Crippen molar-refractivity contribution in [2.45, 2.75) is 258 Å². The fourth-order valence-corrected chi connectivity index (χ4v) is 12.2. The van der Waals surface area contributed by atoms with Crippen molar-refractivity contribution in [3.05, 3.63) is 0 Å². The van der Waals surface area contributed by atoms with Crippen molar-refractivity contribution >= 4 is 35.7 Å². The monoisotopic (exact) mass is 1070 g/mol. The van der Waals surface area contributed by atoms with Gasteiger partial charge in [-0.3, -0.25) is 9.68 Å². The number of nitrogens with one attached hydrogen (secondary N) is 6. The molecular formula is C58H112N14O4. The molecule has 2 fully saturated rings. The molecule has 0 atom stereocenters. The van der Waals surface area contributed by atoms with E-state index in [-0.39, 0.29) is 35.4 Å². The van der Waals surface area contributed by atoms with Crippen LogP contribution in [0.4, 0.5) is 35.7 Å². The van der Waals surface area contributed by atoms with E-state index < -0.39 is 0 Å². The second kappa shape index (κ2) is 35.2. The maximum absolute atomic E-state index is 9.46. The van der Waals surface area contributed by atoms with Crippen LogP contribution in [0, 0.1) is 11.8 Å². The maximum Gasteiger partial charge on any atom is 0.229 e. The average Bonchev–Trinajstić information content (AvgIpc) is 3.36. The van der Waals surface area contributed by atoms with Gasteiger partial charge in [0, 0.05) is 61.4 Å². The van der Waals surface area contributed by atoms with Crippen LogP contribution in [0.2, 0.25) is 0 Å². The summed E-state index contributed by atoms with van der Waals surface area (Å²) < 4.78 is 0. The molecule has 18 nitrogen and oxygen atoms in total. The van der Waals surface area contributed by atoms with Gasteiger partial charge in [0.1, 0.15) is 0 Å². The topological polar surface area (TPSA) is 215 Å². The zero-order chi connectivity index (χ0) is 55.1. The molecular weight excluding hydrogens is 957 g/mol. The number of rotatable bonds is 43. The number of aromatic nitrogens is 6. The summed E-state index contributed by atoms with van der Waals surface area (Å²) in [4.78, 5) is 40.7. The number of unbranched alkanes of at least 4 members (excludes halogenated alkanes) is 15. The molecule has 2 aromatic rings. The fraction of sp³-hybridized carbons (Fsp3) is 0.897. The second-order valence-electron chi connectivity index (χ2n) is 24.6. The van der Waals surface area contributed by atoms with Gasteiger partial charge in [-0.25, -0.2) is 0 Å². The normalized spacial score (nSPS) is 17.7. The first kappa shape index (κ1) is 65.1. The molecule has 0 amide bonds. The molecule has 8 N–H and O–H groups in total. The van der Waals surface area contributed by atoms with Crippen LogP contribution < -0.4 is 31.9 Å². The molecule has 438 valence electrons. The van der Waals surface area contributed by atoms with E-state index in [0.29, 0.717) is 60.6 Å². The summed E-state index contributed by atoms with van der Waals surface area (Å²) in [6.45, 7) is 28.7. The van der Waals surface area contributed by atoms with Gasteiger partial charge in [0.2, 0.25) is 35.7 Å². The van der Waals surface area contributed by atoms with E-state index in [9.17, 15) is 10.2 Å². The number of nitrogens with zero attached hydrogens (tertiary/aromatic N) is 8. The lowest BCUT2D eigenvalue weighted by atomic mass is 9.73. The summed E-state index contributed by atoms with van der Waals surface area (Å²) in [7, 11) is 0. The smallest absolute Gasteiger partial charge is 0.229 e. The lowest BCUT2D eigenvalue weighted by molar-refractivity contribution is -0.288. The Morgan fingerprint density at radius 1 is 0.368 bits per heavy atom. The molecule has 2 saturated heterocycles. The predicted octanol–water partition coefficient (Wildman–Crippen LogP) is 12.2. The number of hydroxylamine groups is 4. The third kappa shape index (κ3) is 24.7. The van der Waals surface area contributed by atoms with Crippen LogP contribution in [0.15, 0.2) is 0 Å². The minimum absolute atomic E-state index is 0.00133. The Balaban J connectivity index is 1.12. The summed E-state index contributed by atoms with van der Waals surface area (Å²) in [6, 6.07) is 0. The molecule has 0 aliphatic carbocycles. The van der Waals surface area contributed by atoms with Crippen molar-refractivity contribution in [2.24, 2.45) is 11.8 Å². The zero-order valence-electron chi connectivity index (χ0n) is 49.9. The van der Waals surface area contributed by atoms with Gasteiger partial charge >= 0.3 is 0 Å². The zero-order valence-corrected chi connectivity index (χ0v) is 49.9. The first-order valence-corrected chi connectivity index (χ1v) is 30.6. The number of piperidine rings is 2. The standard InChI is InChI=1S/C58H112N14O4/c1-11-13-15-17-21-29-41-75-71-55(3,4)43-47(44-56(71,5)6)31-23-27-35-61-51-65-49(67-53(69-51)63-37-39-73)59-33-25-19-20-26-34-60-50-66-52(70-54(68-50)64-38-40-74)62-36-28-24-32-48-45-57(7,8)72(58(9,10)46-48)76-42-30-22-18-16-14-12-2/h47-48,73-74H,11-46H2,1-10H3,(H3,59,61,63,65,67,69)(H3,60,62,64,66,68,70). The minimum Gasteiger partial charge on any atom is -0.395 e. The first-order valence-electron chi connectivity index (χ1n) is 30.6. The van der Waals surface area contributed by atoms with Crippen LogP contribution in [0.25, 0.3) is 0 Å². The first-order chi connectivity index (χ1) is 36.5. The Labute approximate surface area is 461 Å². The van der Waals surface area contributed by atoms with Crippen molar-refractivity contribution < 1.29 is 19.9 Å². The van der Waals surface area contributed by atoms with Crippen molar-refractivity contribution in [1.82, 2.24) is 40.0 Å². The van der Waals surface area contributed by atoms with E-state index in [1.165, 1.54) is 77.0 Å². The predicted molar refractivity (Wildman–Crippen MR) is 315 cm³/mol. The molecule has 0 aromatic carbocycles. The van der Waals surface area contributed by atoms with Gasteiger partial charge in [0.15, 0.2) is 0 Å². The third-order valence-electron chi connectivity index (χ3n) is 15.2. The van der Waals surface area contributed by atoms with Crippen molar-refractivity contribution in [3.63, 3.8) is 0 Å². The molecule has 76 heavy (non-hydrogen) atoms.